The predicted molar refractivity (Wildman–Crippen MR) is 78.5 cm³/mol. The van der Waals surface area contributed by atoms with Crippen molar-refractivity contribution in [1.82, 2.24) is 19.8 Å². The zero-order chi connectivity index (χ0) is 15.2. The molecular weight excluding hydrogens is 256 g/mol. The van der Waals surface area contributed by atoms with Gasteiger partial charge in [0.1, 0.15) is 5.60 Å². The molecular formula is C14H26N4O2. The molecule has 0 saturated carbocycles. The van der Waals surface area contributed by atoms with Crippen molar-refractivity contribution in [2.45, 2.75) is 46.4 Å². The topological polar surface area (TPSA) is 59.4 Å². The van der Waals surface area contributed by atoms with Gasteiger partial charge in [0.15, 0.2) is 0 Å². The Morgan fingerprint density at radius 1 is 1.50 bits per heavy atom. The molecule has 6 nitrogen and oxygen atoms in total. The minimum absolute atomic E-state index is 0.294. The highest BCUT2D eigenvalue weighted by molar-refractivity contribution is 5.67. The average Bonchev–Trinajstić information content (AvgIpc) is 2.79. The van der Waals surface area contributed by atoms with Crippen molar-refractivity contribution in [2.75, 3.05) is 20.1 Å². The molecule has 20 heavy (non-hydrogen) atoms. The lowest BCUT2D eigenvalue weighted by Crippen LogP contribution is -2.38. The van der Waals surface area contributed by atoms with Crippen LogP contribution in [0.3, 0.4) is 0 Å². The van der Waals surface area contributed by atoms with E-state index in [2.05, 4.69) is 21.8 Å². The first kappa shape index (κ1) is 16.5. The number of amides is 1. The number of ether oxygens (including phenoxy) is 1. The maximum absolute atomic E-state index is 11.7. The number of imidazole rings is 1. The molecule has 0 saturated heterocycles. The molecule has 1 aromatic heterocycles. The van der Waals surface area contributed by atoms with Crippen molar-refractivity contribution in [3.63, 3.8) is 0 Å². The Bertz CT molecular complexity index is 423. The van der Waals surface area contributed by atoms with Crippen LogP contribution >= 0.6 is 0 Å². The molecule has 1 amide bonds. The number of hydrogen-bond acceptors (Lipinski definition) is 4. The summed E-state index contributed by atoms with van der Waals surface area (Å²) in [6.07, 6.45) is 3.38. The summed E-state index contributed by atoms with van der Waals surface area (Å²) in [5.74, 6) is 0. The number of carbonyl (C=O) groups excluding carboxylic acids is 1. The van der Waals surface area contributed by atoms with Crippen LogP contribution in [0.5, 0.6) is 0 Å². The van der Waals surface area contributed by atoms with Gasteiger partial charge in [-0.15, -0.1) is 0 Å². The number of likely N-dealkylation sites (N-methyl/N-ethyl adjacent to an activating group) is 1. The first-order chi connectivity index (χ1) is 9.33. The summed E-state index contributed by atoms with van der Waals surface area (Å²) >= 11 is 0. The number of nitrogens with zero attached hydrogens (tertiary/aromatic N) is 3. The van der Waals surface area contributed by atoms with Crippen LogP contribution in [-0.4, -0.2) is 46.3 Å². The van der Waals surface area contributed by atoms with E-state index in [9.17, 15) is 4.79 Å². The molecule has 0 unspecified atom stereocenters. The molecule has 0 aliphatic rings. The molecule has 0 aromatic carbocycles. The lowest BCUT2D eigenvalue weighted by atomic mass is 10.2. The van der Waals surface area contributed by atoms with Crippen LogP contribution in [-0.2, 0) is 17.8 Å². The maximum atomic E-state index is 11.7. The minimum atomic E-state index is -0.452. The van der Waals surface area contributed by atoms with Gasteiger partial charge in [0.2, 0.25) is 0 Å². The normalized spacial score (nSPS) is 11.4. The quantitative estimate of drug-likeness (QED) is 0.809. The summed E-state index contributed by atoms with van der Waals surface area (Å²) in [4.78, 5) is 17.4. The number of aromatic nitrogens is 2. The number of rotatable bonds is 6. The van der Waals surface area contributed by atoms with Gasteiger partial charge in [0.05, 0.1) is 12.0 Å². The molecule has 1 N–H and O–H groups in total. The largest absolute Gasteiger partial charge is 0.444 e. The van der Waals surface area contributed by atoms with E-state index in [4.69, 9.17) is 4.74 Å². The Labute approximate surface area is 121 Å². The molecule has 6 heteroatoms. The predicted octanol–water partition coefficient (Wildman–Crippen LogP) is 1.86. The van der Waals surface area contributed by atoms with Crippen molar-refractivity contribution in [1.29, 1.82) is 0 Å². The highest BCUT2D eigenvalue weighted by atomic mass is 16.6. The van der Waals surface area contributed by atoms with E-state index >= 15 is 0 Å². The number of aryl methyl sites for hydroxylation is 1. The van der Waals surface area contributed by atoms with Crippen LogP contribution in [0.2, 0.25) is 0 Å². The first-order valence-electron chi connectivity index (χ1n) is 6.97. The third-order valence-electron chi connectivity index (χ3n) is 2.77. The van der Waals surface area contributed by atoms with Crippen LogP contribution in [0.25, 0.3) is 0 Å². The lowest BCUT2D eigenvalue weighted by Gasteiger charge is -2.24. The van der Waals surface area contributed by atoms with E-state index in [1.165, 1.54) is 0 Å². The second-order valence-electron chi connectivity index (χ2n) is 5.75. The Kier molecular flexibility index (Phi) is 6.01. The molecule has 114 valence electrons. The molecule has 0 bridgehead atoms. The van der Waals surface area contributed by atoms with Crippen molar-refractivity contribution in [3.8, 4) is 0 Å². The van der Waals surface area contributed by atoms with E-state index in [1.807, 2.05) is 33.3 Å². The summed E-state index contributed by atoms with van der Waals surface area (Å²) in [7, 11) is 1.74. The molecule has 0 atom stereocenters. The minimum Gasteiger partial charge on any atom is -0.444 e. The van der Waals surface area contributed by atoms with Crippen molar-refractivity contribution in [2.24, 2.45) is 0 Å². The van der Waals surface area contributed by atoms with Gasteiger partial charge < -0.3 is 19.5 Å². The third kappa shape index (κ3) is 5.61. The number of nitrogens with one attached hydrogen (secondary N) is 1. The summed E-state index contributed by atoms with van der Waals surface area (Å²) in [5, 5.41) is 3.30. The lowest BCUT2D eigenvalue weighted by molar-refractivity contribution is 0.0300. The van der Waals surface area contributed by atoms with Crippen LogP contribution in [0, 0.1) is 0 Å². The number of carbonyl (C=O) groups is 1. The summed E-state index contributed by atoms with van der Waals surface area (Å²) < 4.78 is 7.37. The van der Waals surface area contributed by atoms with Gasteiger partial charge in [-0.05, 0) is 27.7 Å². The van der Waals surface area contributed by atoms with E-state index in [-0.39, 0.29) is 6.09 Å². The average molecular weight is 282 g/mol. The van der Waals surface area contributed by atoms with Gasteiger partial charge in [-0.1, -0.05) is 0 Å². The smallest absolute Gasteiger partial charge is 0.410 e. The fourth-order valence-corrected chi connectivity index (χ4v) is 1.67. The van der Waals surface area contributed by atoms with Gasteiger partial charge in [0, 0.05) is 39.4 Å². The second-order valence-corrected chi connectivity index (χ2v) is 5.75. The molecule has 0 spiro atoms. The Balaban J connectivity index is 2.25. The van der Waals surface area contributed by atoms with Gasteiger partial charge >= 0.3 is 6.09 Å². The third-order valence-corrected chi connectivity index (χ3v) is 2.77. The maximum Gasteiger partial charge on any atom is 0.410 e. The Morgan fingerprint density at radius 3 is 2.80 bits per heavy atom. The van der Waals surface area contributed by atoms with Crippen molar-refractivity contribution < 1.29 is 9.53 Å². The summed E-state index contributed by atoms with van der Waals surface area (Å²) in [6.45, 7) is 10.7. The fraction of sp³-hybridized carbons (Fsp3) is 0.714. The summed E-state index contributed by atoms with van der Waals surface area (Å²) in [6, 6.07) is 0. The summed E-state index contributed by atoms with van der Waals surface area (Å²) in [5.41, 5.74) is 0.694. The van der Waals surface area contributed by atoms with Gasteiger partial charge in [0.25, 0.3) is 0 Å². The SMILES string of the molecule is CCn1cncc1CNCCN(C)C(=O)OC(C)(C)C. The molecule has 0 aliphatic heterocycles. The molecule has 1 rings (SSSR count). The van der Waals surface area contributed by atoms with E-state index in [0.717, 1.165) is 18.8 Å². The highest BCUT2D eigenvalue weighted by Crippen LogP contribution is 2.08. The van der Waals surface area contributed by atoms with Crippen molar-refractivity contribution >= 4 is 6.09 Å². The molecule has 1 heterocycles. The van der Waals surface area contributed by atoms with Gasteiger partial charge in [-0.25, -0.2) is 9.78 Å². The zero-order valence-corrected chi connectivity index (χ0v) is 13.1. The fourth-order valence-electron chi connectivity index (χ4n) is 1.67. The van der Waals surface area contributed by atoms with Crippen LogP contribution in [0.15, 0.2) is 12.5 Å². The monoisotopic (exact) mass is 282 g/mol. The van der Waals surface area contributed by atoms with Gasteiger partial charge in [-0.3, -0.25) is 0 Å². The molecule has 1 aromatic rings. The first-order valence-corrected chi connectivity index (χ1v) is 6.97. The Morgan fingerprint density at radius 2 is 2.20 bits per heavy atom. The standard InChI is InChI=1S/C14H26N4O2/c1-6-18-11-16-10-12(18)9-15-7-8-17(5)13(19)20-14(2,3)4/h10-11,15H,6-9H2,1-5H3. The van der Waals surface area contributed by atoms with E-state index in [1.54, 1.807) is 11.9 Å². The zero-order valence-electron chi connectivity index (χ0n) is 13.1. The van der Waals surface area contributed by atoms with Gasteiger partial charge in [-0.2, -0.15) is 0 Å². The molecule has 0 radical (unpaired) electrons. The molecule has 0 aliphatic carbocycles. The van der Waals surface area contributed by atoms with Crippen LogP contribution in [0.1, 0.15) is 33.4 Å². The number of hydrogen-bond donors (Lipinski definition) is 1. The second kappa shape index (κ2) is 7.28. The van der Waals surface area contributed by atoms with Crippen LogP contribution < -0.4 is 5.32 Å². The Hall–Kier alpha value is -1.56. The van der Waals surface area contributed by atoms with Crippen LogP contribution in [0.4, 0.5) is 4.79 Å². The van der Waals surface area contributed by atoms with E-state index < -0.39 is 5.60 Å². The van der Waals surface area contributed by atoms with Crippen molar-refractivity contribution in [3.05, 3.63) is 18.2 Å². The molecule has 0 fully saturated rings. The highest BCUT2D eigenvalue weighted by Gasteiger charge is 2.19. The van der Waals surface area contributed by atoms with E-state index in [0.29, 0.717) is 13.1 Å².